The van der Waals surface area contributed by atoms with Crippen LogP contribution in [-0.2, 0) is 0 Å². The summed E-state index contributed by atoms with van der Waals surface area (Å²) in [6.45, 7) is 5.53. The molecule has 122 valence electrons. The van der Waals surface area contributed by atoms with Crippen LogP contribution in [0.25, 0.3) is 5.69 Å². The van der Waals surface area contributed by atoms with Gasteiger partial charge in [-0.15, -0.1) is 0 Å². The van der Waals surface area contributed by atoms with E-state index in [0.717, 1.165) is 17.1 Å². The summed E-state index contributed by atoms with van der Waals surface area (Å²) in [6.07, 6.45) is 0. The van der Waals surface area contributed by atoms with E-state index in [9.17, 15) is 9.18 Å². The highest BCUT2D eigenvalue weighted by Gasteiger charge is 2.13. The second kappa shape index (κ2) is 6.28. The fourth-order valence-corrected chi connectivity index (χ4v) is 2.57. The maximum absolute atomic E-state index is 13.7. The number of carbonyl (C=O) groups excluding carboxylic acids is 1. The van der Waals surface area contributed by atoms with Crippen LogP contribution >= 0.6 is 0 Å². The number of hydrogen-bond donors (Lipinski definition) is 1. The van der Waals surface area contributed by atoms with Crippen LogP contribution in [0.15, 0.2) is 48.5 Å². The highest BCUT2D eigenvalue weighted by atomic mass is 19.1. The van der Waals surface area contributed by atoms with Crippen molar-refractivity contribution >= 4 is 11.6 Å². The number of nitrogens with zero attached hydrogens (tertiary/aromatic N) is 2. The van der Waals surface area contributed by atoms with E-state index >= 15 is 0 Å². The van der Waals surface area contributed by atoms with E-state index in [-0.39, 0.29) is 11.5 Å². The molecule has 1 aromatic heterocycles. The summed E-state index contributed by atoms with van der Waals surface area (Å²) < 4.78 is 15.5. The van der Waals surface area contributed by atoms with Gasteiger partial charge < -0.3 is 5.32 Å². The Morgan fingerprint density at radius 2 is 1.83 bits per heavy atom. The van der Waals surface area contributed by atoms with Crippen molar-refractivity contribution in [1.82, 2.24) is 9.78 Å². The minimum atomic E-state index is -0.394. The SMILES string of the molecule is Cc1cc(C)n(-c2ccccc2NC(=O)c2ccc(C)c(F)c2)n1. The molecule has 0 aliphatic carbocycles. The average molecular weight is 323 g/mol. The highest BCUT2D eigenvalue weighted by Crippen LogP contribution is 2.22. The van der Waals surface area contributed by atoms with E-state index < -0.39 is 5.82 Å². The van der Waals surface area contributed by atoms with Gasteiger partial charge in [-0.05, 0) is 56.7 Å². The van der Waals surface area contributed by atoms with Gasteiger partial charge in [0, 0.05) is 11.3 Å². The summed E-state index contributed by atoms with van der Waals surface area (Å²) in [6, 6.07) is 13.8. The Morgan fingerprint density at radius 3 is 2.50 bits per heavy atom. The molecule has 0 atom stereocenters. The Kier molecular flexibility index (Phi) is 4.16. The summed E-state index contributed by atoms with van der Waals surface area (Å²) in [7, 11) is 0. The van der Waals surface area contributed by atoms with Crippen molar-refractivity contribution in [3.8, 4) is 5.69 Å². The first-order chi connectivity index (χ1) is 11.5. The first kappa shape index (κ1) is 15.9. The van der Waals surface area contributed by atoms with Crippen LogP contribution < -0.4 is 5.32 Å². The molecule has 3 rings (SSSR count). The lowest BCUT2D eigenvalue weighted by atomic mass is 10.1. The Hall–Kier alpha value is -2.95. The molecule has 4 nitrogen and oxygen atoms in total. The maximum atomic E-state index is 13.7. The number of nitrogens with one attached hydrogen (secondary N) is 1. The van der Waals surface area contributed by atoms with E-state index in [1.54, 1.807) is 29.8 Å². The van der Waals surface area contributed by atoms with Crippen LogP contribution in [0, 0.1) is 26.6 Å². The van der Waals surface area contributed by atoms with Crippen molar-refractivity contribution in [3.63, 3.8) is 0 Å². The zero-order valence-electron chi connectivity index (χ0n) is 13.8. The van der Waals surface area contributed by atoms with Crippen LogP contribution in [0.3, 0.4) is 0 Å². The van der Waals surface area contributed by atoms with Gasteiger partial charge in [0.15, 0.2) is 0 Å². The molecule has 5 heteroatoms. The predicted molar refractivity (Wildman–Crippen MR) is 92.1 cm³/mol. The standard InChI is InChI=1S/C19H18FN3O/c1-12-8-9-15(11-16(12)20)19(24)21-17-6-4-5-7-18(17)23-14(3)10-13(2)22-23/h4-11H,1-3H3,(H,21,24). The molecule has 0 fully saturated rings. The molecule has 3 aromatic rings. The number of benzene rings is 2. The van der Waals surface area contributed by atoms with Crippen molar-refractivity contribution in [2.75, 3.05) is 5.32 Å². The third-order valence-corrected chi connectivity index (χ3v) is 3.82. The average Bonchev–Trinajstić information content (AvgIpc) is 2.89. The number of rotatable bonds is 3. The fraction of sp³-hybridized carbons (Fsp3) is 0.158. The Bertz CT molecular complexity index is 915. The summed E-state index contributed by atoms with van der Waals surface area (Å²) in [5, 5.41) is 7.29. The predicted octanol–water partition coefficient (Wildman–Crippen LogP) is 4.19. The molecule has 0 saturated carbocycles. The quantitative estimate of drug-likeness (QED) is 0.785. The Balaban J connectivity index is 1.94. The lowest BCUT2D eigenvalue weighted by Gasteiger charge is -2.12. The number of aryl methyl sites for hydroxylation is 3. The smallest absolute Gasteiger partial charge is 0.255 e. The van der Waals surface area contributed by atoms with Gasteiger partial charge >= 0.3 is 0 Å². The van der Waals surface area contributed by atoms with Crippen LogP contribution in [0.2, 0.25) is 0 Å². The molecule has 0 radical (unpaired) electrons. The first-order valence-electron chi connectivity index (χ1n) is 7.66. The lowest BCUT2D eigenvalue weighted by molar-refractivity contribution is 0.102. The van der Waals surface area contributed by atoms with Gasteiger partial charge in [-0.1, -0.05) is 18.2 Å². The molecule has 1 N–H and O–H groups in total. The van der Waals surface area contributed by atoms with Crippen molar-refractivity contribution < 1.29 is 9.18 Å². The van der Waals surface area contributed by atoms with Gasteiger partial charge in [-0.2, -0.15) is 5.10 Å². The number of hydrogen-bond acceptors (Lipinski definition) is 2. The summed E-state index contributed by atoms with van der Waals surface area (Å²) >= 11 is 0. The maximum Gasteiger partial charge on any atom is 0.255 e. The minimum absolute atomic E-state index is 0.279. The number of anilines is 1. The van der Waals surface area contributed by atoms with Gasteiger partial charge in [0.05, 0.1) is 17.1 Å². The van der Waals surface area contributed by atoms with Gasteiger partial charge in [0.1, 0.15) is 5.82 Å². The van der Waals surface area contributed by atoms with Crippen molar-refractivity contribution in [3.05, 3.63) is 76.9 Å². The minimum Gasteiger partial charge on any atom is -0.320 e. The fourth-order valence-electron chi connectivity index (χ4n) is 2.57. The highest BCUT2D eigenvalue weighted by molar-refractivity contribution is 6.05. The number of aromatic nitrogens is 2. The zero-order chi connectivity index (χ0) is 17.3. The van der Waals surface area contributed by atoms with Gasteiger partial charge in [-0.3, -0.25) is 4.79 Å². The normalized spacial score (nSPS) is 10.7. The van der Waals surface area contributed by atoms with E-state index in [1.807, 2.05) is 38.1 Å². The molecule has 0 spiro atoms. The van der Waals surface area contributed by atoms with E-state index in [0.29, 0.717) is 11.3 Å². The third-order valence-electron chi connectivity index (χ3n) is 3.82. The van der Waals surface area contributed by atoms with Crippen LogP contribution in [0.5, 0.6) is 0 Å². The van der Waals surface area contributed by atoms with Crippen LogP contribution in [-0.4, -0.2) is 15.7 Å². The van der Waals surface area contributed by atoms with Crippen molar-refractivity contribution in [1.29, 1.82) is 0 Å². The molecule has 24 heavy (non-hydrogen) atoms. The molecule has 0 bridgehead atoms. The van der Waals surface area contributed by atoms with Crippen molar-refractivity contribution in [2.24, 2.45) is 0 Å². The molecule has 0 saturated heterocycles. The molecule has 0 aliphatic heterocycles. The second-order valence-electron chi connectivity index (χ2n) is 5.77. The first-order valence-corrected chi connectivity index (χ1v) is 7.66. The number of carbonyl (C=O) groups is 1. The van der Waals surface area contributed by atoms with E-state index in [1.165, 1.54) is 6.07 Å². The molecular formula is C19H18FN3O. The number of para-hydroxylation sites is 2. The van der Waals surface area contributed by atoms with Crippen LogP contribution in [0.4, 0.5) is 10.1 Å². The summed E-state index contributed by atoms with van der Waals surface area (Å²) in [5.74, 6) is -0.752. The van der Waals surface area contributed by atoms with Gasteiger partial charge in [-0.25, -0.2) is 9.07 Å². The topological polar surface area (TPSA) is 46.9 Å². The molecular weight excluding hydrogens is 305 g/mol. The summed E-state index contributed by atoms with van der Waals surface area (Å²) in [4.78, 5) is 12.4. The Morgan fingerprint density at radius 1 is 1.08 bits per heavy atom. The van der Waals surface area contributed by atoms with Gasteiger partial charge in [0.25, 0.3) is 5.91 Å². The lowest BCUT2D eigenvalue weighted by Crippen LogP contribution is -2.15. The molecule has 0 unspecified atom stereocenters. The largest absolute Gasteiger partial charge is 0.320 e. The summed E-state index contributed by atoms with van der Waals surface area (Å²) in [5.41, 5.74) is 4.04. The molecule has 1 heterocycles. The Labute approximate surface area is 139 Å². The monoisotopic (exact) mass is 323 g/mol. The van der Waals surface area contributed by atoms with E-state index in [4.69, 9.17) is 0 Å². The third kappa shape index (κ3) is 3.06. The number of amides is 1. The molecule has 0 aliphatic rings. The molecule has 1 amide bonds. The zero-order valence-corrected chi connectivity index (χ0v) is 13.8. The van der Waals surface area contributed by atoms with Crippen LogP contribution in [0.1, 0.15) is 27.3 Å². The van der Waals surface area contributed by atoms with Crippen molar-refractivity contribution in [2.45, 2.75) is 20.8 Å². The van der Waals surface area contributed by atoms with Gasteiger partial charge in [0.2, 0.25) is 0 Å². The number of halogens is 1. The molecule has 2 aromatic carbocycles. The van der Waals surface area contributed by atoms with E-state index in [2.05, 4.69) is 10.4 Å². The second-order valence-corrected chi connectivity index (χ2v) is 5.77.